The van der Waals surface area contributed by atoms with Gasteiger partial charge in [0.15, 0.2) is 0 Å². The van der Waals surface area contributed by atoms with E-state index in [2.05, 4.69) is 20.4 Å². The molecule has 3 rings (SSSR count). The monoisotopic (exact) mass is 428 g/mol. The third-order valence-electron chi connectivity index (χ3n) is 5.22. The molecule has 0 radical (unpaired) electrons. The number of rotatable bonds is 9. The third kappa shape index (κ3) is 7.66. The number of carbonyl (C=O) groups is 2. The summed E-state index contributed by atoms with van der Waals surface area (Å²) in [6, 6.07) is 13.5. The average molecular weight is 429 g/mol. The predicted molar refractivity (Wildman–Crippen MR) is 118 cm³/mol. The van der Waals surface area contributed by atoms with E-state index in [4.69, 9.17) is 4.74 Å². The summed E-state index contributed by atoms with van der Waals surface area (Å²) in [6.45, 7) is 4.13. The van der Waals surface area contributed by atoms with Crippen LogP contribution in [0, 0.1) is 5.82 Å². The second-order valence-corrected chi connectivity index (χ2v) is 7.56. The summed E-state index contributed by atoms with van der Waals surface area (Å²) in [5, 5.41) is 5.74. The Balaban J connectivity index is 1.30. The van der Waals surface area contributed by atoms with Crippen LogP contribution < -0.4 is 15.4 Å². The molecule has 0 atom stereocenters. The zero-order chi connectivity index (χ0) is 22.1. The highest BCUT2D eigenvalue weighted by atomic mass is 19.1. The van der Waals surface area contributed by atoms with E-state index >= 15 is 0 Å². The Morgan fingerprint density at radius 2 is 1.48 bits per heavy atom. The Morgan fingerprint density at radius 3 is 2.06 bits per heavy atom. The molecule has 1 saturated heterocycles. The van der Waals surface area contributed by atoms with Crippen LogP contribution in [0.5, 0.6) is 5.75 Å². The maximum absolute atomic E-state index is 12.9. The number of nitrogens with zero attached hydrogens (tertiary/aromatic N) is 2. The first-order chi connectivity index (χ1) is 15.0. The summed E-state index contributed by atoms with van der Waals surface area (Å²) >= 11 is 0. The number of hydrogen-bond acceptors (Lipinski definition) is 5. The molecular weight excluding hydrogens is 399 g/mol. The van der Waals surface area contributed by atoms with Gasteiger partial charge in [-0.1, -0.05) is 12.1 Å². The van der Waals surface area contributed by atoms with E-state index in [0.717, 1.165) is 43.9 Å². The van der Waals surface area contributed by atoms with Crippen LogP contribution in [0.15, 0.2) is 48.5 Å². The van der Waals surface area contributed by atoms with Crippen molar-refractivity contribution >= 4 is 17.5 Å². The van der Waals surface area contributed by atoms with Crippen molar-refractivity contribution in [1.29, 1.82) is 0 Å². The van der Waals surface area contributed by atoms with Crippen LogP contribution in [-0.2, 0) is 16.0 Å². The lowest BCUT2D eigenvalue weighted by Gasteiger charge is -2.33. The summed E-state index contributed by atoms with van der Waals surface area (Å²) in [5.41, 5.74) is 1.73. The second kappa shape index (κ2) is 11.4. The van der Waals surface area contributed by atoms with Crippen LogP contribution in [0.25, 0.3) is 0 Å². The van der Waals surface area contributed by atoms with Crippen molar-refractivity contribution in [2.75, 3.05) is 58.2 Å². The van der Waals surface area contributed by atoms with Gasteiger partial charge in [0.1, 0.15) is 11.6 Å². The smallest absolute Gasteiger partial charge is 0.238 e. The number of ether oxygens (including phenoxy) is 1. The Kier molecular flexibility index (Phi) is 8.37. The van der Waals surface area contributed by atoms with Crippen LogP contribution in [0.4, 0.5) is 10.1 Å². The van der Waals surface area contributed by atoms with Crippen LogP contribution in [-0.4, -0.2) is 74.5 Å². The Bertz CT molecular complexity index is 850. The van der Waals surface area contributed by atoms with E-state index in [0.29, 0.717) is 18.8 Å². The van der Waals surface area contributed by atoms with Crippen molar-refractivity contribution in [1.82, 2.24) is 15.1 Å². The van der Waals surface area contributed by atoms with Crippen molar-refractivity contribution in [2.24, 2.45) is 0 Å². The van der Waals surface area contributed by atoms with E-state index in [1.807, 2.05) is 24.3 Å². The molecule has 1 aliphatic heterocycles. The molecule has 0 aliphatic carbocycles. The fourth-order valence-corrected chi connectivity index (χ4v) is 3.44. The number of anilines is 1. The number of carbonyl (C=O) groups excluding carboxylic acids is 2. The number of piperazine rings is 1. The maximum atomic E-state index is 12.9. The molecule has 166 valence electrons. The molecule has 31 heavy (non-hydrogen) atoms. The van der Waals surface area contributed by atoms with Gasteiger partial charge in [0.05, 0.1) is 20.2 Å². The Hall–Kier alpha value is -2.97. The highest BCUT2D eigenvalue weighted by Crippen LogP contribution is 2.11. The van der Waals surface area contributed by atoms with Gasteiger partial charge in [-0.3, -0.25) is 19.4 Å². The van der Waals surface area contributed by atoms with Gasteiger partial charge in [-0.15, -0.1) is 0 Å². The van der Waals surface area contributed by atoms with E-state index < -0.39 is 0 Å². The van der Waals surface area contributed by atoms with Crippen LogP contribution >= 0.6 is 0 Å². The molecule has 0 unspecified atom stereocenters. The van der Waals surface area contributed by atoms with Crippen molar-refractivity contribution in [3.63, 3.8) is 0 Å². The van der Waals surface area contributed by atoms with Crippen molar-refractivity contribution in [3.05, 3.63) is 59.9 Å². The number of hydrogen-bond donors (Lipinski definition) is 2. The van der Waals surface area contributed by atoms with Crippen LogP contribution in [0.2, 0.25) is 0 Å². The molecule has 0 bridgehead atoms. The standard InChI is InChI=1S/C23H29FN4O3/c1-31-21-8-2-18(3-9-21)10-11-25-22(29)16-27-12-14-28(15-13-27)17-23(30)26-20-6-4-19(24)5-7-20/h2-9H,10-17H2,1H3,(H,25,29)(H,26,30). The SMILES string of the molecule is COc1ccc(CCNC(=O)CN2CCN(CC(=O)Nc3ccc(F)cc3)CC2)cc1. The second-order valence-electron chi connectivity index (χ2n) is 7.56. The lowest BCUT2D eigenvalue weighted by Crippen LogP contribution is -2.51. The van der Waals surface area contributed by atoms with Gasteiger partial charge in [-0.25, -0.2) is 4.39 Å². The number of benzene rings is 2. The van der Waals surface area contributed by atoms with Crippen molar-refractivity contribution in [2.45, 2.75) is 6.42 Å². The molecular formula is C23H29FN4O3. The zero-order valence-electron chi connectivity index (χ0n) is 17.8. The molecule has 0 saturated carbocycles. The molecule has 2 amide bonds. The summed E-state index contributed by atoms with van der Waals surface area (Å²) in [6.07, 6.45) is 0.771. The van der Waals surface area contributed by atoms with Crippen molar-refractivity contribution < 1.29 is 18.7 Å². The lowest BCUT2D eigenvalue weighted by molar-refractivity contribution is -0.123. The summed E-state index contributed by atoms with van der Waals surface area (Å²) in [7, 11) is 1.64. The molecule has 0 spiro atoms. The van der Waals surface area contributed by atoms with Gasteiger partial charge >= 0.3 is 0 Å². The molecule has 2 N–H and O–H groups in total. The summed E-state index contributed by atoms with van der Waals surface area (Å²) in [5.74, 6) is 0.367. The number of nitrogens with one attached hydrogen (secondary N) is 2. The number of amides is 2. The minimum atomic E-state index is -0.334. The van der Waals surface area contributed by atoms with Crippen molar-refractivity contribution in [3.8, 4) is 5.75 Å². The van der Waals surface area contributed by atoms with E-state index in [1.165, 1.54) is 12.1 Å². The third-order valence-corrected chi connectivity index (χ3v) is 5.22. The highest BCUT2D eigenvalue weighted by molar-refractivity contribution is 5.92. The first-order valence-corrected chi connectivity index (χ1v) is 10.4. The molecule has 1 fully saturated rings. The van der Waals surface area contributed by atoms with Gasteiger partial charge in [0.2, 0.25) is 11.8 Å². The van der Waals surface area contributed by atoms with E-state index in [1.54, 1.807) is 19.2 Å². The lowest BCUT2D eigenvalue weighted by atomic mass is 10.1. The van der Waals surface area contributed by atoms with Crippen LogP contribution in [0.1, 0.15) is 5.56 Å². The molecule has 2 aromatic rings. The molecule has 0 aromatic heterocycles. The quantitative estimate of drug-likeness (QED) is 0.637. The van der Waals surface area contributed by atoms with E-state index in [-0.39, 0.29) is 24.2 Å². The molecule has 7 nitrogen and oxygen atoms in total. The Morgan fingerprint density at radius 1 is 0.903 bits per heavy atom. The minimum absolute atomic E-state index is 0.0102. The first-order valence-electron chi connectivity index (χ1n) is 10.4. The predicted octanol–water partition coefficient (Wildman–Crippen LogP) is 1.75. The van der Waals surface area contributed by atoms with Gasteiger partial charge in [-0.2, -0.15) is 0 Å². The zero-order valence-corrected chi connectivity index (χ0v) is 17.8. The normalized spacial score (nSPS) is 14.8. The van der Waals surface area contributed by atoms with Gasteiger partial charge in [-0.05, 0) is 48.4 Å². The highest BCUT2D eigenvalue weighted by Gasteiger charge is 2.20. The molecule has 1 aliphatic rings. The summed E-state index contributed by atoms with van der Waals surface area (Å²) in [4.78, 5) is 28.5. The molecule has 8 heteroatoms. The number of halogens is 1. The maximum Gasteiger partial charge on any atom is 0.238 e. The fourth-order valence-electron chi connectivity index (χ4n) is 3.44. The van der Waals surface area contributed by atoms with Crippen LogP contribution in [0.3, 0.4) is 0 Å². The minimum Gasteiger partial charge on any atom is -0.497 e. The number of methoxy groups -OCH3 is 1. The largest absolute Gasteiger partial charge is 0.497 e. The summed E-state index contributed by atoms with van der Waals surface area (Å²) < 4.78 is 18.1. The Labute approximate surface area is 182 Å². The first kappa shape index (κ1) is 22.7. The van der Waals surface area contributed by atoms with E-state index in [9.17, 15) is 14.0 Å². The molecule has 1 heterocycles. The van der Waals surface area contributed by atoms with Gasteiger partial charge < -0.3 is 15.4 Å². The van der Waals surface area contributed by atoms with Gasteiger partial charge in [0.25, 0.3) is 0 Å². The molecule has 2 aromatic carbocycles. The average Bonchev–Trinajstić information content (AvgIpc) is 2.77. The fraction of sp³-hybridized carbons (Fsp3) is 0.391. The van der Waals surface area contributed by atoms with Gasteiger partial charge in [0, 0.05) is 38.4 Å². The topological polar surface area (TPSA) is 73.9 Å².